The topological polar surface area (TPSA) is 103 Å². The zero-order valence-corrected chi connectivity index (χ0v) is 18.3. The van der Waals surface area contributed by atoms with Gasteiger partial charge in [0.25, 0.3) is 5.69 Å². The maximum Gasteiger partial charge on any atom is 0.269 e. The van der Waals surface area contributed by atoms with E-state index in [9.17, 15) is 14.9 Å². The molecule has 1 aliphatic carbocycles. The van der Waals surface area contributed by atoms with Crippen molar-refractivity contribution in [1.29, 1.82) is 0 Å². The molecule has 3 heterocycles. The second-order valence-electron chi connectivity index (χ2n) is 6.79. The molecule has 11 heteroatoms. The van der Waals surface area contributed by atoms with Crippen molar-refractivity contribution in [3.63, 3.8) is 0 Å². The van der Waals surface area contributed by atoms with Gasteiger partial charge < -0.3 is 0 Å². The molecule has 0 saturated heterocycles. The first-order valence-corrected chi connectivity index (χ1v) is 12.2. The maximum atomic E-state index is 12.6. The van der Waals surface area contributed by atoms with E-state index in [1.807, 2.05) is 10.7 Å². The third kappa shape index (κ3) is 3.17. The highest BCUT2D eigenvalue weighted by Crippen LogP contribution is 2.40. The molecule has 0 N–H and O–H groups in total. The van der Waals surface area contributed by atoms with Gasteiger partial charge in [-0.3, -0.25) is 14.9 Å². The van der Waals surface area contributed by atoms with Crippen LogP contribution in [0.1, 0.15) is 27.2 Å². The van der Waals surface area contributed by atoms with Crippen molar-refractivity contribution < 1.29 is 9.72 Å². The lowest BCUT2D eigenvalue weighted by molar-refractivity contribution is -0.384. The summed E-state index contributed by atoms with van der Waals surface area (Å²) in [4.78, 5) is 30.1. The van der Waals surface area contributed by atoms with E-state index in [4.69, 9.17) is 4.98 Å². The average Bonchev–Trinajstić information content (AvgIpc) is 3.45. The van der Waals surface area contributed by atoms with Gasteiger partial charge in [-0.1, -0.05) is 23.5 Å². The monoisotopic (exact) mass is 457 g/mol. The normalized spacial score (nSPS) is 13.2. The van der Waals surface area contributed by atoms with Gasteiger partial charge in [-0.2, -0.15) is 0 Å². The summed E-state index contributed by atoms with van der Waals surface area (Å²) in [5.41, 5.74) is 2.54. The summed E-state index contributed by atoms with van der Waals surface area (Å²) in [6.45, 7) is 0. The fourth-order valence-electron chi connectivity index (χ4n) is 3.65. The van der Waals surface area contributed by atoms with Crippen LogP contribution in [0.4, 0.5) is 5.69 Å². The van der Waals surface area contributed by atoms with Gasteiger partial charge in [0.15, 0.2) is 21.7 Å². The number of hydrogen-bond acceptors (Lipinski definition) is 9. The van der Waals surface area contributed by atoms with Crippen LogP contribution in [-0.2, 0) is 12.8 Å². The minimum absolute atomic E-state index is 0.0364. The smallest absolute Gasteiger partial charge is 0.269 e. The summed E-state index contributed by atoms with van der Waals surface area (Å²) in [6, 6.07) is 5.65. The molecule has 0 atom stereocenters. The molecule has 0 fully saturated rings. The number of nitrogens with zero attached hydrogens (tertiary/aromatic N) is 5. The lowest BCUT2D eigenvalue weighted by Crippen LogP contribution is -2.04. The van der Waals surface area contributed by atoms with Gasteiger partial charge in [-0.05, 0) is 43.2 Å². The number of thiophene rings is 1. The van der Waals surface area contributed by atoms with E-state index < -0.39 is 4.92 Å². The largest absolute Gasteiger partial charge is 0.293 e. The Labute approximate surface area is 183 Å². The van der Waals surface area contributed by atoms with Gasteiger partial charge in [0, 0.05) is 22.6 Å². The number of non-ortho nitro benzene ring substituents is 1. The Bertz CT molecular complexity index is 1310. The number of aromatic nitrogens is 4. The molecule has 0 bridgehead atoms. The van der Waals surface area contributed by atoms with Crippen LogP contribution in [0.15, 0.2) is 34.6 Å². The highest BCUT2D eigenvalue weighted by atomic mass is 32.2. The van der Waals surface area contributed by atoms with E-state index >= 15 is 0 Å². The van der Waals surface area contributed by atoms with E-state index in [2.05, 4.69) is 10.2 Å². The highest BCUT2D eigenvalue weighted by Gasteiger charge is 2.24. The van der Waals surface area contributed by atoms with E-state index in [0.29, 0.717) is 10.7 Å². The predicted molar refractivity (Wildman–Crippen MR) is 118 cm³/mol. The van der Waals surface area contributed by atoms with E-state index in [0.717, 1.165) is 40.3 Å². The van der Waals surface area contributed by atoms with Gasteiger partial charge in [0.05, 0.1) is 16.1 Å². The lowest BCUT2D eigenvalue weighted by atomic mass is 10.1. The van der Waals surface area contributed by atoms with Gasteiger partial charge in [-0.25, -0.2) is 9.38 Å². The van der Waals surface area contributed by atoms with Crippen molar-refractivity contribution in [2.75, 3.05) is 12.0 Å². The second kappa shape index (κ2) is 7.64. The van der Waals surface area contributed by atoms with Crippen LogP contribution in [0.25, 0.3) is 15.9 Å². The third-order valence-electron chi connectivity index (χ3n) is 5.06. The summed E-state index contributed by atoms with van der Waals surface area (Å²) in [6.07, 6.45) is 5.26. The number of thioether (sulfide) groups is 2. The minimum atomic E-state index is -0.482. The molecule has 5 rings (SSSR count). The van der Waals surface area contributed by atoms with Crippen molar-refractivity contribution >= 4 is 62.2 Å². The second-order valence-corrected chi connectivity index (χ2v) is 9.59. The van der Waals surface area contributed by atoms with Crippen molar-refractivity contribution in [1.82, 2.24) is 19.6 Å². The molecule has 3 aromatic heterocycles. The molecule has 0 amide bonds. The van der Waals surface area contributed by atoms with Crippen molar-refractivity contribution in [3.8, 4) is 0 Å². The first kappa shape index (κ1) is 19.5. The number of rotatable bonds is 6. The summed E-state index contributed by atoms with van der Waals surface area (Å²) in [5, 5.41) is 22.1. The van der Waals surface area contributed by atoms with Crippen LogP contribution in [0.5, 0.6) is 0 Å². The van der Waals surface area contributed by atoms with Gasteiger partial charge in [0.2, 0.25) is 0 Å². The fraction of sp³-hybridized carbons (Fsp3) is 0.263. The number of fused-ring (bicyclic) bond motifs is 5. The first-order chi connectivity index (χ1) is 14.6. The highest BCUT2D eigenvalue weighted by molar-refractivity contribution is 8.00. The molecule has 0 radical (unpaired) electrons. The van der Waals surface area contributed by atoms with Crippen LogP contribution in [-0.4, -0.2) is 42.3 Å². The molecule has 8 nitrogen and oxygen atoms in total. The Kier molecular flexibility index (Phi) is 4.95. The Morgan fingerprint density at radius 2 is 2.03 bits per heavy atom. The Morgan fingerprint density at radius 1 is 1.23 bits per heavy atom. The van der Waals surface area contributed by atoms with Crippen LogP contribution in [0.3, 0.4) is 0 Å². The number of hydrogen-bond donors (Lipinski definition) is 0. The molecule has 0 unspecified atom stereocenters. The predicted octanol–water partition coefficient (Wildman–Crippen LogP) is 4.43. The van der Waals surface area contributed by atoms with Crippen LogP contribution >= 0.6 is 34.9 Å². The number of nitro groups is 1. The molecule has 0 aliphatic heterocycles. The molecule has 30 heavy (non-hydrogen) atoms. The van der Waals surface area contributed by atoms with Crippen LogP contribution in [0, 0.1) is 10.1 Å². The van der Waals surface area contributed by atoms with Gasteiger partial charge in [-0.15, -0.1) is 21.5 Å². The Balaban J connectivity index is 1.47. The fourth-order valence-corrected chi connectivity index (χ4v) is 6.39. The number of aryl methyl sites for hydroxylation is 2. The van der Waals surface area contributed by atoms with E-state index in [1.165, 1.54) is 58.2 Å². The molecule has 1 aliphatic rings. The maximum absolute atomic E-state index is 12.6. The molecule has 0 spiro atoms. The van der Waals surface area contributed by atoms with Crippen molar-refractivity contribution in [3.05, 3.63) is 50.4 Å². The zero-order chi connectivity index (χ0) is 20.8. The molecular formula is C19H15N5O3S3. The number of carbonyl (C=O) groups excluding carboxylic acids is 1. The number of carbonyl (C=O) groups is 1. The Morgan fingerprint density at radius 3 is 2.77 bits per heavy atom. The molecule has 0 saturated carbocycles. The number of ketones is 1. The summed E-state index contributed by atoms with van der Waals surface area (Å²) in [7, 11) is 0. The summed E-state index contributed by atoms with van der Waals surface area (Å²) in [5.74, 6) is 0.0365. The van der Waals surface area contributed by atoms with Gasteiger partial charge in [0.1, 0.15) is 4.83 Å². The standard InChI is InChI=1S/C19H15N5O3S3/c1-28-18-20-17-15(12-3-2-4-14(12)30-17)16-21-22-19(23(16)18)29-9-13(25)10-5-7-11(8-6-10)24(26)27/h5-8H,2-4,9H2,1H3. The van der Waals surface area contributed by atoms with Crippen LogP contribution < -0.4 is 0 Å². The summed E-state index contributed by atoms with van der Waals surface area (Å²) >= 11 is 4.57. The molecular weight excluding hydrogens is 442 g/mol. The Hall–Kier alpha value is -2.50. The quantitative estimate of drug-likeness (QED) is 0.138. The van der Waals surface area contributed by atoms with Gasteiger partial charge >= 0.3 is 0 Å². The number of nitro benzene ring substituents is 1. The third-order valence-corrected chi connectivity index (χ3v) is 7.82. The molecule has 1 aromatic carbocycles. The lowest BCUT2D eigenvalue weighted by Gasteiger charge is -2.06. The van der Waals surface area contributed by atoms with Crippen molar-refractivity contribution in [2.24, 2.45) is 0 Å². The zero-order valence-electron chi connectivity index (χ0n) is 15.8. The van der Waals surface area contributed by atoms with E-state index in [-0.39, 0.29) is 17.2 Å². The number of Topliss-reactive ketones (excluding diaryl/α,β-unsaturated/α-hetero) is 1. The average molecular weight is 458 g/mol. The SMILES string of the molecule is CSc1nc2sc3c(c2c2nnc(SCC(=O)c4ccc([N+](=O)[O-])cc4)n12)CCC3. The number of benzene rings is 1. The van der Waals surface area contributed by atoms with E-state index in [1.54, 1.807) is 11.3 Å². The van der Waals surface area contributed by atoms with Crippen molar-refractivity contribution in [2.45, 2.75) is 29.6 Å². The first-order valence-electron chi connectivity index (χ1n) is 9.20. The minimum Gasteiger partial charge on any atom is -0.293 e. The molecule has 4 aromatic rings. The van der Waals surface area contributed by atoms with Crippen LogP contribution in [0.2, 0.25) is 0 Å². The molecule has 152 valence electrons. The summed E-state index contributed by atoms with van der Waals surface area (Å²) < 4.78 is 1.94.